The molecule has 112 valence electrons. The van der Waals surface area contributed by atoms with Gasteiger partial charge in [-0.25, -0.2) is 0 Å². The second kappa shape index (κ2) is 7.76. The van der Waals surface area contributed by atoms with Crippen LogP contribution in [-0.4, -0.2) is 31.5 Å². The summed E-state index contributed by atoms with van der Waals surface area (Å²) in [4.78, 5) is 0. The molecule has 0 aliphatic heterocycles. The van der Waals surface area contributed by atoms with Gasteiger partial charge in [-0.15, -0.1) is 0 Å². The molecule has 0 aliphatic carbocycles. The summed E-state index contributed by atoms with van der Waals surface area (Å²) in [6.07, 6.45) is -0.636. The molecule has 0 spiro atoms. The van der Waals surface area contributed by atoms with Gasteiger partial charge in [0.25, 0.3) is 0 Å². The highest BCUT2D eigenvalue weighted by Crippen LogP contribution is 2.20. The molecule has 2 aromatic carbocycles. The normalized spacial score (nSPS) is 11.8. The lowest BCUT2D eigenvalue weighted by atomic mass is 10.3. The molecule has 0 amide bonds. The molecular formula is C16H18ClNO3. The van der Waals surface area contributed by atoms with Crippen LogP contribution in [-0.2, 0) is 0 Å². The Hall–Kier alpha value is -1.91. The van der Waals surface area contributed by atoms with E-state index in [0.29, 0.717) is 17.3 Å². The Morgan fingerprint density at radius 1 is 1.10 bits per heavy atom. The van der Waals surface area contributed by atoms with Gasteiger partial charge >= 0.3 is 0 Å². The van der Waals surface area contributed by atoms with Crippen LogP contribution in [0.5, 0.6) is 11.5 Å². The zero-order chi connectivity index (χ0) is 15.1. The van der Waals surface area contributed by atoms with Gasteiger partial charge in [0.05, 0.1) is 17.8 Å². The number of benzene rings is 2. The van der Waals surface area contributed by atoms with Gasteiger partial charge in [0.2, 0.25) is 0 Å². The number of para-hydroxylation sites is 1. The Balaban J connectivity index is 1.76. The zero-order valence-electron chi connectivity index (χ0n) is 11.8. The molecule has 2 aromatic rings. The third-order valence-corrected chi connectivity index (χ3v) is 3.23. The summed E-state index contributed by atoms with van der Waals surface area (Å²) in [6, 6.07) is 14.6. The van der Waals surface area contributed by atoms with E-state index in [9.17, 15) is 5.11 Å². The number of aliphatic hydroxyl groups is 1. The number of hydrogen-bond acceptors (Lipinski definition) is 4. The second-order valence-corrected chi connectivity index (χ2v) is 4.91. The van der Waals surface area contributed by atoms with Crippen molar-refractivity contribution in [2.45, 2.75) is 6.10 Å². The molecule has 2 rings (SSSR count). The molecule has 1 atom stereocenters. The Morgan fingerprint density at radius 2 is 1.76 bits per heavy atom. The van der Waals surface area contributed by atoms with E-state index in [1.54, 1.807) is 25.3 Å². The first kappa shape index (κ1) is 15.5. The van der Waals surface area contributed by atoms with E-state index in [4.69, 9.17) is 21.1 Å². The van der Waals surface area contributed by atoms with Crippen molar-refractivity contribution in [3.63, 3.8) is 0 Å². The molecule has 2 N–H and O–H groups in total. The minimum atomic E-state index is -0.636. The number of rotatable bonds is 7. The van der Waals surface area contributed by atoms with Crippen molar-refractivity contribution in [3.05, 3.63) is 53.6 Å². The van der Waals surface area contributed by atoms with E-state index in [-0.39, 0.29) is 6.61 Å². The van der Waals surface area contributed by atoms with E-state index >= 15 is 0 Å². The van der Waals surface area contributed by atoms with Gasteiger partial charge in [0.1, 0.15) is 24.2 Å². The number of aliphatic hydroxyl groups excluding tert-OH is 1. The third-order valence-electron chi connectivity index (χ3n) is 2.90. The molecule has 0 aromatic heterocycles. The Kier molecular flexibility index (Phi) is 5.72. The number of halogens is 1. The quantitative estimate of drug-likeness (QED) is 0.825. The maximum absolute atomic E-state index is 9.91. The van der Waals surface area contributed by atoms with Crippen molar-refractivity contribution in [2.75, 3.05) is 25.6 Å². The molecule has 0 bridgehead atoms. The smallest absolute Gasteiger partial charge is 0.119 e. The summed E-state index contributed by atoms with van der Waals surface area (Å²) in [5.74, 6) is 1.45. The predicted octanol–water partition coefficient (Wildman–Crippen LogP) is 3.20. The van der Waals surface area contributed by atoms with E-state index in [1.807, 2.05) is 30.3 Å². The highest BCUT2D eigenvalue weighted by Gasteiger charge is 2.06. The molecule has 21 heavy (non-hydrogen) atoms. The van der Waals surface area contributed by atoms with Crippen LogP contribution in [0.25, 0.3) is 0 Å². The van der Waals surface area contributed by atoms with Gasteiger partial charge in [-0.05, 0) is 36.4 Å². The van der Waals surface area contributed by atoms with Crippen molar-refractivity contribution in [2.24, 2.45) is 0 Å². The fourth-order valence-corrected chi connectivity index (χ4v) is 1.96. The van der Waals surface area contributed by atoms with Crippen LogP contribution < -0.4 is 14.8 Å². The molecule has 4 nitrogen and oxygen atoms in total. The number of methoxy groups -OCH3 is 1. The molecule has 0 heterocycles. The van der Waals surface area contributed by atoms with Crippen LogP contribution in [0.4, 0.5) is 5.69 Å². The van der Waals surface area contributed by atoms with Crippen molar-refractivity contribution < 1.29 is 14.6 Å². The highest BCUT2D eigenvalue weighted by molar-refractivity contribution is 6.33. The Morgan fingerprint density at radius 3 is 2.43 bits per heavy atom. The van der Waals surface area contributed by atoms with Crippen LogP contribution in [0.1, 0.15) is 0 Å². The topological polar surface area (TPSA) is 50.7 Å². The van der Waals surface area contributed by atoms with Crippen molar-refractivity contribution in [1.29, 1.82) is 0 Å². The van der Waals surface area contributed by atoms with E-state index < -0.39 is 6.10 Å². The average molecular weight is 308 g/mol. The SMILES string of the molecule is COc1ccc(OCC(O)CNc2ccccc2Cl)cc1. The van der Waals surface area contributed by atoms with Crippen molar-refractivity contribution in [1.82, 2.24) is 0 Å². The minimum absolute atomic E-state index is 0.198. The first-order valence-corrected chi connectivity index (χ1v) is 7.00. The molecule has 0 radical (unpaired) electrons. The maximum atomic E-state index is 9.91. The summed E-state index contributed by atoms with van der Waals surface area (Å²) in [7, 11) is 1.61. The van der Waals surface area contributed by atoms with Crippen LogP contribution in [0.15, 0.2) is 48.5 Å². The molecule has 0 saturated heterocycles. The fraction of sp³-hybridized carbons (Fsp3) is 0.250. The summed E-state index contributed by atoms with van der Waals surface area (Å²) >= 11 is 6.02. The Labute approximate surface area is 129 Å². The first-order valence-electron chi connectivity index (χ1n) is 6.62. The fourth-order valence-electron chi connectivity index (χ4n) is 1.76. The summed E-state index contributed by atoms with van der Waals surface area (Å²) in [5.41, 5.74) is 0.794. The summed E-state index contributed by atoms with van der Waals surface area (Å²) in [5, 5.41) is 13.6. The lowest BCUT2D eigenvalue weighted by Crippen LogP contribution is -2.26. The van der Waals surface area contributed by atoms with Gasteiger partial charge in [0, 0.05) is 6.54 Å². The largest absolute Gasteiger partial charge is 0.497 e. The van der Waals surface area contributed by atoms with Crippen molar-refractivity contribution >= 4 is 17.3 Å². The number of anilines is 1. The van der Waals surface area contributed by atoms with Gasteiger partial charge in [-0.2, -0.15) is 0 Å². The molecular weight excluding hydrogens is 290 g/mol. The maximum Gasteiger partial charge on any atom is 0.119 e. The lowest BCUT2D eigenvalue weighted by Gasteiger charge is -2.15. The van der Waals surface area contributed by atoms with Crippen molar-refractivity contribution in [3.8, 4) is 11.5 Å². The van der Waals surface area contributed by atoms with Crippen LogP contribution in [0, 0.1) is 0 Å². The summed E-state index contributed by atoms with van der Waals surface area (Å²) < 4.78 is 10.6. The second-order valence-electron chi connectivity index (χ2n) is 4.50. The highest BCUT2D eigenvalue weighted by atomic mass is 35.5. The minimum Gasteiger partial charge on any atom is -0.497 e. The molecule has 0 saturated carbocycles. The Bertz CT molecular complexity index is 560. The van der Waals surface area contributed by atoms with Gasteiger partial charge in [-0.1, -0.05) is 23.7 Å². The van der Waals surface area contributed by atoms with Crippen LogP contribution in [0.2, 0.25) is 5.02 Å². The predicted molar refractivity (Wildman–Crippen MR) is 84.4 cm³/mol. The first-order chi connectivity index (χ1) is 10.2. The van der Waals surface area contributed by atoms with Gasteiger partial charge in [0.15, 0.2) is 0 Å². The third kappa shape index (κ3) is 4.85. The van der Waals surface area contributed by atoms with Crippen LogP contribution >= 0.6 is 11.6 Å². The average Bonchev–Trinajstić information content (AvgIpc) is 2.52. The summed E-state index contributed by atoms with van der Waals surface area (Å²) in [6.45, 7) is 0.559. The zero-order valence-corrected chi connectivity index (χ0v) is 12.5. The molecule has 0 fully saturated rings. The van der Waals surface area contributed by atoms with Gasteiger partial charge in [-0.3, -0.25) is 0 Å². The number of ether oxygens (including phenoxy) is 2. The lowest BCUT2D eigenvalue weighted by molar-refractivity contribution is 0.117. The molecule has 0 aliphatic rings. The van der Waals surface area contributed by atoms with E-state index in [1.165, 1.54) is 0 Å². The molecule has 1 unspecified atom stereocenters. The van der Waals surface area contributed by atoms with E-state index in [2.05, 4.69) is 5.32 Å². The monoisotopic (exact) mass is 307 g/mol. The van der Waals surface area contributed by atoms with Gasteiger partial charge < -0.3 is 19.9 Å². The van der Waals surface area contributed by atoms with Crippen LogP contribution in [0.3, 0.4) is 0 Å². The van der Waals surface area contributed by atoms with E-state index in [0.717, 1.165) is 11.4 Å². The number of hydrogen-bond donors (Lipinski definition) is 2. The number of nitrogens with one attached hydrogen (secondary N) is 1. The molecule has 5 heteroatoms. The standard InChI is InChI=1S/C16H18ClNO3/c1-20-13-6-8-14(9-7-13)21-11-12(19)10-18-16-5-3-2-4-15(16)17/h2-9,12,18-19H,10-11H2,1H3.